The van der Waals surface area contributed by atoms with E-state index in [1.807, 2.05) is 45.0 Å². The molecule has 0 aliphatic carbocycles. The van der Waals surface area contributed by atoms with Gasteiger partial charge in [0.1, 0.15) is 11.6 Å². The average molecular weight is 322 g/mol. The van der Waals surface area contributed by atoms with Crippen molar-refractivity contribution in [2.75, 3.05) is 5.32 Å². The summed E-state index contributed by atoms with van der Waals surface area (Å²) in [7, 11) is 0. The first-order valence-corrected chi connectivity index (χ1v) is 6.67. The summed E-state index contributed by atoms with van der Waals surface area (Å²) in [6.45, 7) is 5.68. The van der Waals surface area contributed by atoms with E-state index in [-0.39, 0.29) is 17.5 Å². The van der Waals surface area contributed by atoms with Crippen LogP contribution in [0.25, 0.3) is 0 Å². The van der Waals surface area contributed by atoms with Crippen molar-refractivity contribution in [3.63, 3.8) is 0 Å². The second kappa shape index (κ2) is 6.95. The topological polar surface area (TPSA) is 64.9 Å². The fourth-order valence-corrected chi connectivity index (χ4v) is 1.98. The van der Waals surface area contributed by atoms with E-state index in [1.54, 1.807) is 0 Å². The van der Waals surface area contributed by atoms with Crippen molar-refractivity contribution >= 4 is 27.5 Å². The molecule has 0 heterocycles. The van der Waals surface area contributed by atoms with Gasteiger partial charge in [-0.25, -0.2) is 0 Å². The number of carbonyl (C=O) groups is 1. The Kier molecular flexibility index (Phi) is 5.58. The smallest absolute Gasteiger partial charge is 0.263 e. The zero-order valence-corrected chi connectivity index (χ0v) is 12.7. The van der Waals surface area contributed by atoms with Crippen LogP contribution in [0, 0.1) is 18.3 Å². The third-order valence-electron chi connectivity index (χ3n) is 2.28. The maximum Gasteiger partial charge on any atom is 0.263 e. The van der Waals surface area contributed by atoms with Gasteiger partial charge in [-0.2, -0.15) is 5.26 Å². The summed E-state index contributed by atoms with van der Waals surface area (Å²) >= 11 is 3.42. The average Bonchev–Trinajstić information content (AvgIpc) is 2.31. The number of benzene rings is 1. The van der Waals surface area contributed by atoms with E-state index in [1.165, 1.54) is 6.20 Å². The molecule has 0 atom stereocenters. The lowest BCUT2D eigenvalue weighted by Gasteiger charge is -2.08. The number of rotatable bonds is 4. The van der Waals surface area contributed by atoms with Crippen molar-refractivity contribution in [2.24, 2.45) is 0 Å². The Balaban J connectivity index is 2.83. The van der Waals surface area contributed by atoms with Crippen molar-refractivity contribution in [3.8, 4) is 6.07 Å². The van der Waals surface area contributed by atoms with Gasteiger partial charge in [-0.3, -0.25) is 4.79 Å². The molecule has 0 saturated heterocycles. The van der Waals surface area contributed by atoms with Crippen molar-refractivity contribution in [3.05, 3.63) is 40.0 Å². The zero-order valence-electron chi connectivity index (χ0n) is 11.1. The zero-order chi connectivity index (χ0) is 14.4. The van der Waals surface area contributed by atoms with Crippen LogP contribution in [0.3, 0.4) is 0 Å². The molecule has 0 aliphatic rings. The summed E-state index contributed by atoms with van der Waals surface area (Å²) in [4.78, 5) is 11.7. The van der Waals surface area contributed by atoms with E-state index in [4.69, 9.17) is 5.26 Å². The van der Waals surface area contributed by atoms with Gasteiger partial charge in [0.05, 0.1) is 5.69 Å². The summed E-state index contributed by atoms with van der Waals surface area (Å²) in [6, 6.07) is 7.66. The number of hydrogen-bond donors (Lipinski definition) is 2. The lowest BCUT2D eigenvalue weighted by atomic mass is 10.2. The second-order valence-corrected chi connectivity index (χ2v) is 5.28. The predicted octanol–water partition coefficient (Wildman–Crippen LogP) is 3.10. The molecule has 1 aromatic rings. The first kappa shape index (κ1) is 15.3. The highest BCUT2D eigenvalue weighted by atomic mass is 79.9. The van der Waals surface area contributed by atoms with E-state index in [9.17, 15) is 4.79 Å². The number of nitrogens with one attached hydrogen (secondary N) is 2. The molecule has 0 aromatic heterocycles. The van der Waals surface area contributed by atoms with Gasteiger partial charge >= 0.3 is 0 Å². The molecule has 19 heavy (non-hydrogen) atoms. The molecular formula is C14H16BrN3O. The Bertz CT molecular complexity index is 544. The molecule has 0 radical (unpaired) electrons. The molecule has 0 fully saturated rings. The first-order chi connectivity index (χ1) is 8.93. The van der Waals surface area contributed by atoms with Crippen LogP contribution < -0.4 is 10.6 Å². The van der Waals surface area contributed by atoms with Crippen LogP contribution >= 0.6 is 15.9 Å². The Labute approximate surface area is 121 Å². The number of nitriles is 1. The minimum absolute atomic E-state index is 0.00430. The molecule has 0 bridgehead atoms. The summed E-state index contributed by atoms with van der Waals surface area (Å²) < 4.78 is 0.880. The van der Waals surface area contributed by atoms with Crippen LogP contribution in [0.4, 0.5) is 5.69 Å². The standard InChI is InChI=1S/C14H16BrN3O/c1-9(2)18-14(19)11(7-16)8-17-13-5-4-10(3)6-12(13)15/h4-6,8-9,17H,1-3H3,(H,18,19)/b11-8-. The highest BCUT2D eigenvalue weighted by Gasteiger charge is 2.09. The lowest BCUT2D eigenvalue weighted by Crippen LogP contribution is -2.31. The predicted molar refractivity (Wildman–Crippen MR) is 79.5 cm³/mol. The number of nitrogens with zero attached hydrogens (tertiary/aromatic N) is 1. The normalized spacial score (nSPS) is 11.1. The lowest BCUT2D eigenvalue weighted by molar-refractivity contribution is -0.117. The van der Waals surface area contributed by atoms with Gasteiger partial charge in [-0.05, 0) is 54.4 Å². The van der Waals surface area contributed by atoms with Crippen molar-refractivity contribution in [2.45, 2.75) is 26.8 Å². The summed E-state index contributed by atoms with van der Waals surface area (Å²) in [5.74, 6) is -0.381. The fraction of sp³-hybridized carbons (Fsp3) is 0.286. The van der Waals surface area contributed by atoms with Gasteiger partial charge in [0.15, 0.2) is 0 Å². The number of anilines is 1. The molecule has 4 nitrogen and oxygen atoms in total. The van der Waals surface area contributed by atoms with Crippen LogP contribution in [0.2, 0.25) is 0 Å². The van der Waals surface area contributed by atoms with E-state index in [0.29, 0.717) is 0 Å². The highest BCUT2D eigenvalue weighted by Crippen LogP contribution is 2.23. The second-order valence-electron chi connectivity index (χ2n) is 4.43. The molecule has 0 unspecified atom stereocenters. The summed E-state index contributed by atoms with van der Waals surface area (Å²) in [6.07, 6.45) is 1.41. The fourth-order valence-electron chi connectivity index (χ4n) is 1.38. The largest absolute Gasteiger partial charge is 0.359 e. The van der Waals surface area contributed by atoms with Crippen molar-refractivity contribution in [1.82, 2.24) is 5.32 Å². The van der Waals surface area contributed by atoms with Crippen LogP contribution in [0.1, 0.15) is 19.4 Å². The van der Waals surface area contributed by atoms with Gasteiger partial charge in [-0.1, -0.05) is 6.07 Å². The van der Waals surface area contributed by atoms with E-state index >= 15 is 0 Å². The van der Waals surface area contributed by atoms with Gasteiger partial charge in [0.25, 0.3) is 5.91 Å². The minimum atomic E-state index is -0.381. The molecule has 5 heteroatoms. The molecule has 100 valence electrons. The van der Waals surface area contributed by atoms with Gasteiger partial charge in [0.2, 0.25) is 0 Å². The molecular weight excluding hydrogens is 306 g/mol. The third-order valence-corrected chi connectivity index (χ3v) is 2.94. The quantitative estimate of drug-likeness (QED) is 0.661. The van der Waals surface area contributed by atoms with Crippen molar-refractivity contribution < 1.29 is 4.79 Å². The Morgan fingerprint density at radius 3 is 2.68 bits per heavy atom. The molecule has 0 saturated carbocycles. The summed E-state index contributed by atoms with van der Waals surface area (Å²) in [5.41, 5.74) is 1.97. The van der Waals surface area contributed by atoms with E-state index in [2.05, 4.69) is 26.6 Å². The monoisotopic (exact) mass is 321 g/mol. The molecule has 1 amide bonds. The molecule has 1 aromatic carbocycles. The van der Waals surface area contributed by atoms with Crippen LogP contribution in [-0.2, 0) is 4.79 Å². The molecule has 0 spiro atoms. The number of amides is 1. The van der Waals surface area contributed by atoms with Crippen LogP contribution in [0.5, 0.6) is 0 Å². The molecule has 2 N–H and O–H groups in total. The van der Waals surface area contributed by atoms with Crippen LogP contribution in [0.15, 0.2) is 34.4 Å². The number of hydrogen-bond acceptors (Lipinski definition) is 3. The van der Waals surface area contributed by atoms with Gasteiger partial charge in [0, 0.05) is 16.7 Å². The number of aryl methyl sites for hydroxylation is 1. The van der Waals surface area contributed by atoms with Crippen LogP contribution in [-0.4, -0.2) is 11.9 Å². The van der Waals surface area contributed by atoms with E-state index < -0.39 is 0 Å². The molecule has 0 aliphatic heterocycles. The van der Waals surface area contributed by atoms with Crippen molar-refractivity contribution in [1.29, 1.82) is 5.26 Å². The summed E-state index contributed by atoms with van der Waals surface area (Å²) in [5, 5.41) is 14.6. The Hall–Kier alpha value is -1.80. The highest BCUT2D eigenvalue weighted by molar-refractivity contribution is 9.10. The third kappa shape index (κ3) is 4.76. The Morgan fingerprint density at radius 2 is 2.16 bits per heavy atom. The van der Waals surface area contributed by atoms with Gasteiger partial charge in [-0.15, -0.1) is 0 Å². The maximum absolute atomic E-state index is 11.7. The minimum Gasteiger partial charge on any atom is -0.359 e. The number of carbonyl (C=O) groups excluding carboxylic acids is 1. The maximum atomic E-state index is 11.7. The SMILES string of the molecule is Cc1ccc(N/C=C(/C#N)C(=O)NC(C)C)c(Br)c1. The van der Waals surface area contributed by atoms with Gasteiger partial charge < -0.3 is 10.6 Å². The Morgan fingerprint density at radius 1 is 1.47 bits per heavy atom. The number of halogens is 1. The molecule has 1 rings (SSSR count). The first-order valence-electron chi connectivity index (χ1n) is 5.88. The van der Waals surface area contributed by atoms with E-state index in [0.717, 1.165) is 15.7 Å².